The molecule has 3 heteroatoms. The van der Waals surface area contributed by atoms with Crippen molar-refractivity contribution in [2.75, 3.05) is 6.54 Å². The van der Waals surface area contributed by atoms with Crippen LogP contribution in [-0.2, 0) is 13.5 Å². The molecule has 1 N–H and O–H groups in total. The van der Waals surface area contributed by atoms with Gasteiger partial charge in [0.05, 0.1) is 0 Å². The van der Waals surface area contributed by atoms with Crippen molar-refractivity contribution in [2.45, 2.75) is 59.9 Å². The SMILES string of the molecule is CCNC(Cc1nccn1C)CC(C)CC(C)(C)C. The molecule has 1 aromatic rings. The number of nitrogens with zero attached hydrogens (tertiary/aromatic N) is 2. The second-order valence-corrected chi connectivity index (χ2v) is 7.02. The Morgan fingerprint density at radius 1 is 1.37 bits per heavy atom. The van der Waals surface area contributed by atoms with Crippen molar-refractivity contribution in [3.8, 4) is 0 Å². The standard InChI is InChI=1S/C16H31N3/c1-7-17-14(10-13(2)12-16(3,4)5)11-15-18-8-9-19(15)6/h8-9,13-14,17H,7,10-12H2,1-6H3. The fourth-order valence-corrected chi connectivity index (χ4v) is 2.96. The smallest absolute Gasteiger partial charge is 0.109 e. The summed E-state index contributed by atoms with van der Waals surface area (Å²) in [6.07, 6.45) is 7.42. The fraction of sp³-hybridized carbons (Fsp3) is 0.812. The first-order valence-corrected chi connectivity index (χ1v) is 7.51. The summed E-state index contributed by atoms with van der Waals surface area (Å²) in [5.41, 5.74) is 0.416. The van der Waals surface area contributed by atoms with E-state index in [1.165, 1.54) is 18.7 Å². The van der Waals surface area contributed by atoms with Gasteiger partial charge in [-0.1, -0.05) is 34.6 Å². The topological polar surface area (TPSA) is 29.9 Å². The zero-order valence-corrected chi connectivity index (χ0v) is 13.5. The van der Waals surface area contributed by atoms with Gasteiger partial charge in [0.25, 0.3) is 0 Å². The maximum atomic E-state index is 4.44. The highest BCUT2D eigenvalue weighted by atomic mass is 15.0. The molecule has 2 atom stereocenters. The lowest BCUT2D eigenvalue weighted by atomic mass is 9.82. The summed E-state index contributed by atoms with van der Waals surface area (Å²) in [7, 11) is 2.07. The van der Waals surface area contributed by atoms with Crippen LogP contribution in [0.15, 0.2) is 12.4 Å². The molecule has 0 aliphatic carbocycles. The molecule has 3 nitrogen and oxygen atoms in total. The van der Waals surface area contributed by atoms with Crippen LogP contribution in [0.25, 0.3) is 0 Å². The van der Waals surface area contributed by atoms with Gasteiger partial charge in [0.15, 0.2) is 0 Å². The van der Waals surface area contributed by atoms with Gasteiger partial charge in [0.1, 0.15) is 5.82 Å². The van der Waals surface area contributed by atoms with Crippen molar-refractivity contribution in [1.29, 1.82) is 0 Å². The molecule has 110 valence electrons. The molecule has 0 fully saturated rings. The Bertz CT molecular complexity index is 362. The van der Waals surface area contributed by atoms with Crippen LogP contribution in [0.3, 0.4) is 0 Å². The van der Waals surface area contributed by atoms with Crippen molar-refractivity contribution in [3.63, 3.8) is 0 Å². The molecule has 0 saturated heterocycles. The molecular weight excluding hydrogens is 234 g/mol. The molecule has 0 bridgehead atoms. The van der Waals surface area contributed by atoms with Gasteiger partial charge in [-0.2, -0.15) is 0 Å². The molecule has 1 aromatic heterocycles. The van der Waals surface area contributed by atoms with Gasteiger partial charge in [0.2, 0.25) is 0 Å². The number of likely N-dealkylation sites (N-methyl/N-ethyl adjacent to an activating group) is 1. The first-order chi connectivity index (χ1) is 8.81. The number of rotatable bonds is 7. The second kappa shape index (κ2) is 7.09. The number of aromatic nitrogens is 2. The summed E-state index contributed by atoms with van der Waals surface area (Å²) < 4.78 is 2.12. The highest BCUT2D eigenvalue weighted by Crippen LogP contribution is 2.27. The third kappa shape index (κ3) is 6.24. The Kier molecular flexibility index (Phi) is 6.05. The molecule has 1 heterocycles. The fourth-order valence-electron chi connectivity index (χ4n) is 2.96. The van der Waals surface area contributed by atoms with E-state index in [0.29, 0.717) is 11.5 Å². The Morgan fingerprint density at radius 3 is 2.53 bits per heavy atom. The van der Waals surface area contributed by atoms with E-state index in [2.05, 4.69) is 56.5 Å². The highest BCUT2D eigenvalue weighted by Gasteiger charge is 2.19. The predicted octanol–water partition coefficient (Wildman–Crippen LogP) is 3.40. The minimum atomic E-state index is 0.416. The summed E-state index contributed by atoms with van der Waals surface area (Å²) in [6.45, 7) is 12.5. The zero-order chi connectivity index (χ0) is 14.5. The average molecular weight is 265 g/mol. The summed E-state index contributed by atoms with van der Waals surface area (Å²) in [5, 5.41) is 3.61. The van der Waals surface area contributed by atoms with Gasteiger partial charge in [-0.15, -0.1) is 0 Å². The van der Waals surface area contributed by atoms with Gasteiger partial charge in [-0.05, 0) is 30.7 Å². The third-order valence-corrected chi connectivity index (χ3v) is 3.49. The molecule has 0 aromatic carbocycles. The Balaban J connectivity index is 2.55. The van der Waals surface area contributed by atoms with Crippen LogP contribution in [0, 0.1) is 11.3 Å². The summed E-state index contributed by atoms with van der Waals surface area (Å²) in [6, 6.07) is 0.531. The lowest BCUT2D eigenvalue weighted by Crippen LogP contribution is -2.34. The minimum Gasteiger partial charge on any atom is -0.338 e. The van der Waals surface area contributed by atoms with E-state index in [9.17, 15) is 0 Å². The van der Waals surface area contributed by atoms with Crippen molar-refractivity contribution in [2.24, 2.45) is 18.4 Å². The molecule has 0 radical (unpaired) electrons. The number of nitrogens with one attached hydrogen (secondary N) is 1. The lowest BCUT2D eigenvalue weighted by molar-refractivity contribution is 0.274. The molecule has 0 amide bonds. The summed E-state index contributed by atoms with van der Waals surface area (Å²) in [4.78, 5) is 4.44. The van der Waals surface area contributed by atoms with Gasteiger partial charge < -0.3 is 9.88 Å². The number of imidazole rings is 1. The van der Waals surface area contributed by atoms with Crippen LogP contribution in [0.2, 0.25) is 0 Å². The molecule has 0 aliphatic heterocycles. The van der Waals surface area contributed by atoms with Crippen LogP contribution >= 0.6 is 0 Å². The molecular formula is C16H31N3. The molecule has 0 aliphatic rings. The van der Waals surface area contributed by atoms with E-state index in [1.54, 1.807) is 0 Å². The van der Waals surface area contributed by atoms with Crippen molar-refractivity contribution in [3.05, 3.63) is 18.2 Å². The lowest BCUT2D eigenvalue weighted by Gasteiger charge is -2.27. The number of aryl methyl sites for hydroxylation is 1. The molecule has 2 unspecified atom stereocenters. The Labute approximate surface area is 118 Å². The Hall–Kier alpha value is -0.830. The van der Waals surface area contributed by atoms with Crippen molar-refractivity contribution >= 4 is 0 Å². The predicted molar refractivity (Wildman–Crippen MR) is 82.2 cm³/mol. The van der Waals surface area contributed by atoms with E-state index in [-0.39, 0.29) is 0 Å². The molecule has 1 rings (SSSR count). The van der Waals surface area contributed by atoms with Crippen LogP contribution in [0.4, 0.5) is 0 Å². The molecule has 0 spiro atoms. The van der Waals surface area contributed by atoms with E-state index < -0.39 is 0 Å². The normalized spacial score (nSPS) is 15.5. The van der Waals surface area contributed by atoms with Gasteiger partial charge in [-0.25, -0.2) is 4.98 Å². The van der Waals surface area contributed by atoms with Gasteiger partial charge >= 0.3 is 0 Å². The van der Waals surface area contributed by atoms with Crippen molar-refractivity contribution < 1.29 is 0 Å². The Morgan fingerprint density at radius 2 is 2.05 bits per heavy atom. The van der Waals surface area contributed by atoms with Crippen molar-refractivity contribution in [1.82, 2.24) is 14.9 Å². The monoisotopic (exact) mass is 265 g/mol. The maximum Gasteiger partial charge on any atom is 0.109 e. The van der Waals surface area contributed by atoms with Crippen LogP contribution in [-0.4, -0.2) is 22.1 Å². The van der Waals surface area contributed by atoms with Gasteiger partial charge in [-0.3, -0.25) is 0 Å². The zero-order valence-electron chi connectivity index (χ0n) is 13.5. The minimum absolute atomic E-state index is 0.416. The van der Waals surface area contributed by atoms with E-state index in [1.807, 2.05) is 12.4 Å². The van der Waals surface area contributed by atoms with Crippen LogP contribution < -0.4 is 5.32 Å². The van der Waals surface area contributed by atoms with Crippen LogP contribution in [0.1, 0.15) is 53.3 Å². The molecule has 0 saturated carbocycles. The first-order valence-electron chi connectivity index (χ1n) is 7.51. The van der Waals surface area contributed by atoms with Gasteiger partial charge in [0, 0.05) is 31.9 Å². The summed E-state index contributed by atoms with van der Waals surface area (Å²) in [5.74, 6) is 1.92. The second-order valence-electron chi connectivity index (χ2n) is 7.02. The summed E-state index contributed by atoms with van der Waals surface area (Å²) >= 11 is 0. The quantitative estimate of drug-likeness (QED) is 0.819. The number of hydrogen-bond donors (Lipinski definition) is 1. The highest BCUT2D eigenvalue weighted by molar-refractivity contribution is 4.95. The van der Waals surface area contributed by atoms with E-state index in [4.69, 9.17) is 0 Å². The largest absolute Gasteiger partial charge is 0.338 e. The maximum absolute atomic E-state index is 4.44. The first kappa shape index (κ1) is 16.2. The number of hydrogen-bond acceptors (Lipinski definition) is 2. The van der Waals surface area contributed by atoms with E-state index >= 15 is 0 Å². The third-order valence-electron chi connectivity index (χ3n) is 3.49. The van der Waals surface area contributed by atoms with Crippen LogP contribution in [0.5, 0.6) is 0 Å². The molecule has 19 heavy (non-hydrogen) atoms. The average Bonchev–Trinajstić information content (AvgIpc) is 2.61. The van der Waals surface area contributed by atoms with E-state index in [0.717, 1.165) is 18.9 Å².